The lowest BCUT2D eigenvalue weighted by Crippen LogP contribution is -2.17. The van der Waals surface area contributed by atoms with Crippen LogP contribution in [0.2, 0.25) is 0 Å². The van der Waals surface area contributed by atoms with E-state index in [1.54, 1.807) is 0 Å². The van der Waals surface area contributed by atoms with Gasteiger partial charge in [-0.3, -0.25) is 14.6 Å². The lowest BCUT2D eigenvalue weighted by atomic mass is 10.2. The van der Waals surface area contributed by atoms with E-state index >= 15 is 0 Å². The van der Waals surface area contributed by atoms with E-state index in [1.807, 2.05) is 13.8 Å². The summed E-state index contributed by atoms with van der Waals surface area (Å²) in [5.41, 5.74) is 1.24. The molecule has 1 aromatic heterocycles. The van der Waals surface area contributed by atoms with Crippen LogP contribution in [-0.2, 0) is 19.6 Å². The van der Waals surface area contributed by atoms with Crippen LogP contribution in [-0.4, -0.2) is 14.9 Å². The largest absolute Gasteiger partial charge is 0.391 e. The first kappa shape index (κ1) is 9.06. The van der Waals surface area contributed by atoms with Crippen molar-refractivity contribution in [3.05, 3.63) is 21.6 Å². The predicted molar refractivity (Wildman–Crippen MR) is 46.0 cm³/mol. The van der Waals surface area contributed by atoms with Crippen molar-refractivity contribution in [1.29, 1.82) is 0 Å². The molecule has 0 saturated heterocycles. The Bertz CT molecular complexity index is 311. The maximum atomic E-state index is 11.4. The van der Waals surface area contributed by atoms with E-state index < -0.39 is 0 Å². The van der Waals surface area contributed by atoms with E-state index in [1.165, 1.54) is 4.68 Å². The normalized spacial score (nSPS) is 10.6. The molecule has 1 aromatic rings. The monoisotopic (exact) mass is 170 g/mol. The number of nitrogens with one attached hydrogen (secondary N) is 1. The Labute approximate surface area is 70.8 Å². The molecule has 1 rings (SSSR count). The van der Waals surface area contributed by atoms with Gasteiger partial charge < -0.3 is 5.11 Å². The Hall–Kier alpha value is -1.03. The van der Waals surface area contributed by atoms with Gasteiger partial charge in [0.15, 0.2) is 0 Å². The van der Waals surface area contributed by atoms with Gasteiger partial charge in [0.25, 0.3) is 5.56 Å². The zero-order valence-corrected chi connectivity index (χ0v) is 7.42. The third kappa shape index (κ3) is 1.30. The summed E-state index contributed by atoms with van der Waals surface area (Å²) in [4.78, 5) is 11.4. The van der Waals surface area contributed by atoms with Crippen molar-refractivity contribution in [3.63, 3.8) is 0 Å². The predicted octanol–water partition coefficient (Wildman–Crippen LogP) is 0.251. The Kier molecular flexibility index (Phi) is 2.70. The molecule has 0 aliphatic rings. The molecule has 0 radical (unpaired) electrons. The Morgan fingerprint density at radius 2 is 2.17 bits per heavy atom. The summed E-state index contributed by atoms with van der Waals surface area (Å²) in [6.45, 7) is 4.28. The van der Waals surface area contributed by atoms with Crippen LogP contribution < -0.4 is 5.56 Å². The first-order chi connectivity index (χ1) is 5.74. The number of aromatic nitrogens is 2. The molecule has 68 valence electrons. The van der Waals surface area contributed by atoms with E-state index in [9.17, 15) is 4.79 Å². The van der Waals surface area contributed by atoms with Crippen molar-refractivity contribution in [2.45, 2.75) is 33.4 Å². The fraction of sp³-hybridized carbons (Fsp3) is 0.625. The van der Waals surface area contributed by atoms with Gasteiger partial charge in [-0.15, -0.1) is 0 Å². The first-order valence-electron chi connectivity index (χ1n) is 4.16. The van der Waals surface area contributed by atoms with Crippen molar-refractivity contribution < 1.29 is 5.11 Å². The fourth-order valence-electron chi connectivity index (χ4n) is 1.25. The lowest BCUT2D eigenvalue weighted by Gasteiger charge is -1.93. The summed E-state index contributed by atoms with van der Waals surface area (Å²) in [5.74, 6) is 0. The van der Waals surface area contributed by atoms with Gasteiger partial charge in [-0.1, -0.05) is 6.92 Å². The number of hydrogen-bond donors (Lipinski definition) is 2. The van der Waals surface area contributed by atoms with Gasteiger partial charge in [0.05, 0.1) is 12.2 Å². The average molecular weight is 170 g/mol. The minimum atomic E-state index is -0.175. The molecule has 1 heterocycles. The molecular formula is C8H14N2O2. The zero-order chi connectivity index (χ0) is 9.14. The third-order valence-corrected chi connectivity index (χ3v) is 1.97. The van der Waals surface area contributed by atoms with Gasteiger partial charge in [0, 0.05) is 12.2 Å². The molecule has 0 saturated carbocycles. The van der Waals surface area contributed by atoms with Crippen molar-refractivity contribution in [2.24, 2.45) is 0 Å². The molecule has 0 bridgehead atoms. The molecule has 0 aromatic carbocycles. The Morgan fingerprint density at radius 1 is 1.50 bits per heavy atom. The second kappa shape index (κ2) is 3.58. The molecule has 4 nitrogen and oxygen atoms in total. The maximum absolute atomic E-state index is 11.4. The van der Waals surface area contributed by atoms with Crippen LogP contribution in [0.15, 0.2) is 4.79 Å². The van der Waals surface area contributed by atoms with Gasteiger partial charge in [-0.25, -0.2) is 0 Å². The molecule has 0 atom stereocenters. The standard InChI is InChI=1S/C8H14N2O2/c1-3-7-6(5-11)8(12)10(4-2)9-7/h9,11H,3-5H2,1-2H3. The highest BCUT2D eigenvalue weighted by atomic mass is 16.3. The third-order valence-electron chi connectivity index (χ3n) is 1.97. The van der Waals surface area contributed by atoms with E-state index in [0.29, 0.717) is 12.1 Å². The van der Waals surface area contributed by atoms with Crippen LogP contribution in [0.3, 0.4) is 0 Å². The maximum Gasteiger partial charge on any atom is 0.272 e. The van der Waals surface area contributed by atoms with E-state index in [0.717, 1.165) is 12.1 Å². The van der Waals surface area contributed by atoms with E-state index in [-0.39, 0.29) is 12.2 Å². The topological polar surface area (TPSA) is 58.0 Å². The van der Waals surface area contributed by atoms with Crippen molar-refractivity contribution in [2.75, 3.05) is 0 Å². The Balaban J connectivity index is 3.23. The number of H-pyrrole nitrogens is 1. The van der Waals surface area contributed by atoms with E-state index in [2.05, 4.69) is 5.10 Å². The number of nitrogens with zero attached hydrogens (tertiary/aromatic N) is 1. The molecule has 0 fully saturated rings. The number of rotatable bonds is 3. The summed E-state index contributed by atoms with van der Waals surface area (Å²) in [6.07, 6.45) is 0.748. The molecular weight excluding hydrogens is 156 g/mol. The van der Waals surface area contributed by atoms with Crippen LogP contribution >= 0.6 is 0 Å². The fourth-order valence-corrected chi connectivity index (χ4v) is 1.25. The lowest BCUT2D eigenvalue weighted by molar-refractivity contribution is 0.279. The van der Waals surface area contributed by atoms with Gasteiger partial charge >= 0.3 is 0 Å². The van der Waals surface area contributed by atoms with Gasteiger partial charge in [-0.05, 0) is 13.3 Å². The smallest absolute Gasteiger partial charge is 0.272 e. The number of hydrogen-bond acceptors (Lipinski definition) is 2. The molecule has 0 amide bonds. The Morgan fingerprint density at radius 3 is 2.50 bits per heavy atom. The second-order valence-electron chi connectivity index (χ2n) is 2.63. The highest BCUT2D eigenvalue weighted by molar-refractivity contribution is 5.16. The van der Waals surface area contributed by atoms with Crippen LogP contribution in [0.25, 0.3) is 0 Å². The highest BCUT2D eigenvalue weighted by Gasteiger charge is 2.09. The molecule has 2 N–H and O–H groups in total. The summed E-state index contributed by atoms with van der Waals surface area (Å²) in [5, 5.41) is 11.9. The van der Waals surface area contributed by atoms with Gasteiger partial charge in [0.2, 0.25) is 0 Å². The number of aromatic amines is 1. The van der Waals surface area contributed by atoms with Crippen LogP contribution in [0, 0.1) is 0 Å². The number of aryl methyl sites for hydroxylation is 2. The van der Waals surface area contributed by atoms with E-state index in [4.69, 9.17) is 5.11 Å². The van der Waals surface area contributed by atoms with Gasteiger partial charge in [-0.2, -0.15) is 0 Å². The molecule has 0 unspecified atom stereocenters. The minimum absolute atomic E-state index is 0.100. The summed E-state index contributed by atoms with van der Waals surface area (Å²) in [6, 6.07) is 0. The molecule has 0 spiro atoms. The van der Waals surface area contributed by atoms with Crippen molar-refractivity contribution >= 4 is 0 Å². The number of aliphatic hydroxyl groups is 1. The molecule has 4 heteroatoms. The molecule has 12 heavy (non-hydrogen) atoms. The minimum Gasteiger partial charge on any atom is -0.391 e. The SMILES string of the molecule is CCc1[nH]n(CC)c(=O)c1CO. The molecule has 0 aliphatic carbocycles. The zero-order valence-electron chi connectivity index (χ0n) is 7.42. The van der Waals surface area contributed by atoms with Crippen LogP contribution in [0.4, 0.5) is 0 Å². The van der Waals surface area contributed by atoms with Crippen molar-refractivity contribution in [3.8, 4) is 0 Å². The van der Waals surface area contributed by atoms with Crippen LogP contribution in [0.1, 0.15) is 25.1 Å². The number of aliphatic hydroxyl groups excluding tert-OH is 1. The van der Waals surface area contributed by atoms with Crippen LogP contribution in [0.5, 0.6) is 0 Å². The summed E-state index contributed by atoms with van der Waals surface area (Å²) >= 11 is 0. The summed E-state index contributed by atoms with van der Waals surface area (Å²) < 4.78 is 1.50. The average Bonchev–Trinajstić information content (AvgIpc) is 2.41. The van der Waals surface area contributed by atoms with Gasteiger partial charge in [0.1, 0.15) is 0 Å². The summed E-state index contributed by atoms with van der Waals surface area (Å²) in [7, 11) is 0. The molecule has 0 aliphatic heterocycles. The highest BCUT2D eigenvalue weighted by Crippen LogP contribution is 2.01. The first-order valence-corrected chi connectivity index (χ1v) is 4.16. The quantitative estimate of drug-likeness (QED) is 0.683. The van der Waals surface area contributed by atoms with Crippen molar-refractivity contribution in [1.82, 2.24) is 9.78 Å². The second-order valence-corrected chi connectivity index (χ2v) is 2.63.